The monoisotopic (exact) mass is 436 g/mol. The fraction of sp³-hybridized carbons (Fsp3) is 0.615. The molecule has 0 spiro atoms. The molecule has 0 bridgehead atoms. The number of nitrogens with one attached hydrogen (secondary N) is 2. The van der Waals surface area contributed by atoms with Crippen LogP contribution in [0.3, 0.4) is 0 Å². The summed E-state index contributed by atoms with van der Waals surface area (Å²) in [5.74, 6) is 2.70. The largest absolute Gasteiger partial charge is 0.378 e. The average molecular weight is 437 g/mol. The molecule has 4 rings (SSSR count). The molecule has 0 atom stereocenters. The normalized spacial score (nSPS) is 20.5. The maximum atomic E-state index is 4.91. The molecule has 1 heterocycles. The van der Waals surface area contributed by atoms with Crippen molar-refractivity contribution in [1.82, 2.24) is 15.3 Å². The first-order valence-electron chi connectivity index (χ1n) is 12.3. The van der Waals surface area contributed by atoms with Crippen LogP contribution in [0.25, 0.3) is 0 Å². The highest BCUT2D eigenvalue weighted by Gasteiger charge is 2.23. The number of aryl methyl sites for hydroxylation is 1. The Bertz CT molecular complexity index is 869. The summed E-state index contributed by atoms with van der Waals surface area (Å²) in [5, 5.41) is 7.34. The molecule has 0 amide bonds. The molecule has 0 unspecified atom stereocenters. The van der Waals surface area contributed by atoms with Crippen molar-refractivity contribution in [2.75, 3.05) is 49.9 Å². The van der Waals surface area contributed by atoms with E-state index < -0.39 is 0 Å². The van der Waals surface area contributed by atoms with Crippen LogP contribution in [-0.2, 0) is 19.4 Å². The maximum absolute atomic E-state index is 4.91. The Labute approximate surface area is 193 Å². The molecule has 2 aliphatic carbocycles. The van der Waals surface area contributed by atoms with Crippen molar-refractivity contribution < 1.29 is 0 Å². The van der Waals surface area contributed by atoms with Crippen LogP contribution in [0.4, 0.5) is 17.5 Å². The second-order valence-electron chi connectivity index (χ2n) is 9.95. The Morgan fingerprint density at radius 1 is 0.875 bits per heavy atom. The number of rotatable bonds is 8. The second-order valence-corrected chi connectivity index (χ2v) is 9.95. The van der Waals surface area contributed by atoms with E-state index in [1.165, 1.54) is 61.0 Å². The fourth-order valence-corrected chi connectivity index (χ4v) is 5.03. The number of benzene rings is 1. The summed E-state index contributed by atoms with van der Waals surface area (Å²) in [6.07, 6.45) is 9.61. The van der Waals surface area contributed by atoms with E-state index in [1.54, 1.807) is 0 Å². The van der Waals surface area contributed by atoms with Gasteiger partial charge in [-0.3, -0.25) is 0 Å². The zero-order valence-corrected chi connectivity index (χ0v) is 20.3. The van der Waals surface area contributed by atoms with Gasteiger partial charge in [0.05, 0.1) is 5.69 Å². The van der Waals surface area contributed by atoms with E-state index in [4.69, 9.17) is 9.97 Å². The lowest BCUT2D eigenvalue weighted by atomic mass is 9.86. The lowest BCUT2D eigenvalue weighted by Gasteiger charge is -2.30. The number of aromatic nitrogens is 2. The molecular weight excluding hydrogens is 396 g/mol. The topological polar surface area (TPSA) is 56.3 Å². The van der Waals surface area contributed by atoms with E-state index in [9.17, 15) is 0 Å². The summed E-state index contributed by atoms with van der Waals surface area (Å²) in [5.41, 5.74) is 5.22. The van der Waals surface area contributed by atoms with Crippen LogP contribution in [0.5, 0.6) is 0 Å². The molecule has 1 saturated carbocycles. The number of nitrogens with zero attached hydrogens (tertiary/aromatic N) is 4. The highest BCUT2D eigenvalue weighted by molar-refractivity contribution is 5.53. The minimum Gasteiger partial charge on any atom is -0.378 e. The van der Waals surface area contributed by atoms with Crippen LogP contribution < -0.4 is 20.4 Å². The number of hydrogen-bond acceptors (Lipinski definition) is 6. The van der Waals surface area contributed by atoms with Crippen molar-refractivity contribution in [2.45, 2.75) is 64.0 Å². The van der Waals surface area contributed by atoms with Crippen LogP contribution >= 0.6 is 0 Å². The van der Waals surface area contributed by atoms with Crippen LogP contribution in [0.2, 0.25) is 0 Å². The van der Waals surface area contributed by atoms with E-state index in [0.29, 0.717) is 6.04 Å². The van der Waals surface area contributed by atoms with Crippen molar-refractivity contribution in [3.05, 3.63) is 41.1 Å². The minimum absolute atomic E-state index is 0.487. The molecule has 174 valence electrons. The van der Waals surface area contributed by atoms with E-state index in [1.807, 2.05) is 0 Å². The fourth-order valence-electron chi connectivity index (χ4n) is 5.03. The van der Waals surface area contributed by atoms with Gasteiger partial charge in [0, 0.05) is 52.0 Å². The van der Waals surface area contributed by atoms with Gasteiger partial charge in [0.2, 0.25) is 5.95 Å². The van der Waals surface area contributed by atoms with E-state index in [2.05, 4.69) is 72.9 Å². The van der Waals surface area contributed by atoms with Gasteiger partial charge in [-0.15, -0.1) is 0 Å². The zero-order valence-electron chi connectivity index (χ0n) is 20.3. The maximum Gasteiger partial charge on any atom is 0.225 e. The van der Waals surface area contributed by atoms with Crippen molar-refractivity contribution in [3.8, 4) is 0 Å². The lowest BCUT2D eigenvalue weighted by Crippen LogP contribution is -2.32. The highest BCUT2D eigenvalue weighted by Crippen LogP contribution is 2.30. The minimum atomic E-state index is 0.487. The highest BCUT2D eigenvalue weighted by atomic mass is 15.2. The summed E-state index contributed by atoms with van der Waals surface area (Å²) < 4.78 is 0. The van der Waals surface area contributed by atoms with Gasteiger partial charge >= 0.3 is 0 Å². The van der Waals surface area contributed by atoms with Gasteiger partial charge in [0.1, 0.15) is 5.82 Å². The molecular formula is C26H40N6. The quantitative estimate of drug-likeness (QED) is 0.645. The van der Waals surface area contributed by atoms with Crippen LogP contribution in [0.15, 0.2) is 24.3 Å². The third-order valence-electron chi connectivity index (χ3n) is 6.98. The smallest absolute Gasteiger partial charge is 0.225 e. The Morgan fingerprint density at radius 2 is 1.59 bits per heavy atom. The van der Waals surface area contributed by atoms with Gasteiger partial charge in [-0.25, -0.2) is 4.98 Å². The van der Waals surface area contributed by atoms with Crippen molar-refractivity contribution in [3.63, 3.8) is 0 Å². The number of hydrogen-bond donors (Lipinski definition) is 2. The number of anilines is 3. The van der Waals surface area contributed by atoms with Crippen LogP contribution in [-0.4, -0.2) is 50.7 Å². The molecule has 6 heteroatoms. The van der Waals surface area contributed by atoms with Crippen molar-refractivity contribution in [2.24, 2.45) is 5.92 Å². The van der Waals surface area contributed by atoms with E-state index in [0.717, 1.165) is 43.6 Å². The standard InChI is InChI=1S/C26H40N6/c1-31(2)22-15-11-20(12-16-22)18-27-17-19-9-13-21(14-10-19)28-26-29-24-8-6-5-7-23(24)25(30-26)32(3)4/h11-12,15-16,19,21,27H,5-10,13-14,17-18H2,1-4H3,(H,28,29,30). The van der Waals surface area contributed by atoms with Gasteiger partial charge in [-0.1, -0.05) is 12.1 Å². The molecule has 1 aromatic carbocycles. The number of fused-ring (bicyclic) bond motifs is 1. The third-order valence-corrected chi connectivity index (χ3v) is 6.98. The molecule has 0 radical (unpaired) electrons. The Kier molecular flexibility index (Phi) is 7.51. The van der Waals surface area contributed by atoms with Gasteiger partial charge in [-0.2, -0.15) is 4.98 Å². The Morgan fingerprint density at radius 3 is 2.28 bits per heavy atom. The van der Waals surface area contributed by atoms with Crippen molar-refractivity contribution >= 4 is 17.5 Å². The van der Waals surface area contributed by atoms with E-state index >= 15 is 0 Å². The molecule has 2 N–H and O–H groups in total. The molecule has 0 aliphatic heterocycles. The first-order chi connectivity index (χ1) is 15.5. The van der Waals surface area contributed by atoms with Gasteiger partial charge in [0.25, 0.3) is 0 Å². The van der Waals surface area contributed by atoms with Gasteiger partial charge < -0.3 is 20.4 Å². The predicted molar refractivity (Wildman–Crippen MR) is 135 cm³/mol. The lowest BCUT2D eigenvalue weighted by molar-refractivity contribution is 0.323. The third kappa shape index (κ3) is 5.71. The first-order valence-corrected chi connectivity index (χ1v) is 12.3. The molecule has 32 heavy (non-hydrogen) atoms. The summed E-state index contributed by atoms with van der Waals surface area (Å²) in [6.45, 7) is 2.05. The first kappa shape index (κ1) is 22.8. The molecule has 0 saturated heterocycles. The summed E-state index contributed by atoms with van der Waals surface area (Å²) >= 11 is 0. The predicted octanol–water partition coefficient (Wildman–Crippen LogP) is 4.25. The molecule has 1 fully saturated rings. The molecule has 2 aliphatic rings. The zero-order chi connectivity index (χ0) is 22.5. The average Bonchev–Trinajstić information content (AvgIpc) is 2.80. The van der Waals surface area contributed by atoms with Crippen LogP contribution in [0, 0.1) is 5.92 Å². The summed E-state index contributed by atoms with van der Waals surface area (Å²) in [4.78, 5) is 14.1. The van der Waals surface area contributed by atoms with Gasteiger partial charge in [0.15, 0.2) is 0 Å². The summed E-state index contributed by atoms with van der Waals surface area (Å²) in [6, 6.07) is 9.33. The van der Waals surface area contributed by atoms with Crippen molar-refractivity contribution in [1.29, 1.82) is 0 Å². The van der Waals surface area contributed by atoms with Crippen LogP contribution in [0.1, 0.15) is 55.3 Å². The SMILES string of the molecule is CN(C)c1ccc(CNCC2CCC(Nc3nc4c(c(N(C)C)n3)CCCC4)CC2)cc1. The molecule has 2 aromatic rings. The van der Waals surface area contributed by atoms with E-state index in [-0.39, 0.29) is 0 Å². The molecule has 1 aromatic heterocycles. The Hall–Kier alpha value is -2.34. The van der Waals surface area contributed by atoms with Gasteiger partial charge in [-0.05, 0) is 81.5 Å². The molecule has 6 nitrogen and oxygen atoms in total. The summed E-state index contributed by atoms with van der Waals surface area (Å²) in [7, 11) is 8.35. The second kappa shape index (κ2) is 10.5. The Balaban J connectivity index is 1.24.